The molecule has 1 saturated heterocycles. The summed E-state index contributed by atoms with van der Waals surface area (Å²) >= 11 is 0. The Kier molecular flexibility index (Phi) is 5.65. The van der Waals surface area contributed by atoms with Crippen molar-refractivity contribution >= 4 is 5.97 Å². The molecule has 1 rings (SSSR count). The van der Waals surface area contributed by atoms with Gasteiger partial charge >= 0.3 is 5.97 Å². The number of rotatable bonds is 6. The van der Waals surface area contributed by atoms with Gasteiger partial charge in [-0.3, -0.25) is 10.1 Å². The van der Waals surface area contributed by atoms with Crippen LogP contribution in [0.15, 0.2) is 12.7 Å². The highest BCUT2D eigenvalue weighted by Crippen LogP contribution is 2.28. The SMILES string of the molecule is C=CCNC1(C(=O)OC)CCOC(CCC)C1. The largest absolute Gasteiger partial charge is 0.468 e. The van der Waals surface area contributed by atoms with E-state index in [1.165, 1.54) is 7.11 Å². The fourth-order valence-electron chi connectivity index (χ4n) is 2.34. The van der Waals surface area contributed by atoms with E-state index >= 15 is 0 Å². The van der Waals surface area contributed by atoms with Gasteiger partial charge in [0.25, 0.3) is 0 Å². The van der Waals surface area contributed by atoms with Crippen LogP contribution < -0.4 is 5.32 Å². The highest BCUT2D eigenvalue weighted by Gasteiger charge is 2.43. The van der Waals surface area contributed by atoms with Gasteiger partial charge in [-0.2, -0.15) is 0 Å². The van der Waals surface area contributed by atoms with Crippen LogP contribution in [-0.2, 0) is 14.3 Å². The van der Waals surface area contributed by atoms with E-state index in [2.05, 4.69) is 18.8 Å². The Morgan fingerprint density at radius 3 is 3.06 bits per heavy atom. The smallest absolute Gasteiger partial charge is 0.326 e. The summed E-state index contributed by atoms with van der Waals surface area (Å²) in [5, 5.41) is 3.25. The van der Waals surface area contributed by atoms with Gasteiger partial charge in [-0.25, -0.2) is 0 Å². The first kappa shape index (κ1) is 14.2. The van der Waals surface area contributed by atoms with E-state index in [4.69, 9.17) is 9.47 Å². The predicted molar refractivity (Wildman–Crippen MR) is 66.8 cm³/mol. The Morgan fingerprint density at radius 1 is 1.71 bits per heavy atom. The van der Waals surface area contributed by atoms with Gasteiger partial charge in [-0.15, -0.1) is 6.58 Å². The second-order valence-corrected chi connectivity index (χ2v) is 4.48. The van der Waals surface area contributed by atoms with Gasteiger partial charge in [0, 0.05) is 19.6 Å². The minimum atomic E-state index is -0.596. The lowest BCUT2D eigenvalue weighted by Gasteiger charge is -2.39. The maximum absolute atomic E-state index is 12.0. The zero-order chi connectivity index (χ0) is 12.7. The van der Waals surface area contributed by atoms with Crippen molar-refractivity contribution in [3.05, 3.63) is 12.7 Å². The molecular formula is C13H23NO3. The lowest BCUT2D eigenvalue weighted by molar-refractivity contribution is -0.155. The molecule has 0 saturated carbocycles. The molecule has 2 unspecified atom stereocenters. The number of carbonyl (C=O) groups is 1. The topological polar surface area (TPSA) is 47.6 Å². The van der Waals surface area contributed by atoms with E-state index in [1.54, 1.807) is 6.08 Å². The highest BCUT2D eigenvalue weighted by atomic mass is 16.5. The second kappa shape index (κ2) is 6.77. The Balaban J connectivity index is 2.73. The standard InChI is InChI=1S/C13H23NO3/c1-4-6-11-10-13(7-9-17-11,12(15)16-3)14-8-5-2/h5,11,14H,2,4,6-10H2,1,3H3. The van der Waals surface area contributed by atoms with Crippen molar-refractivity contribution in [1.82, 2.24) is 5.32 Å². The molecule has 98 valence electrons. The number of nitrogens with one attached hydrogen (secondary N) is 1. The average molecular weight is 241 g/mol. The van der Waals surface area contributed by atoms with Crippen LogP contribution in [0.1, 0.15) is 32.6 Å². The normalized spacial score (nSPS) is 28.7. The second-order valence-electron chi connectivity index (χ2n) is 4.48. The molecule has 1 fully saturated rings. The van der Waals surface area contributed by atoms with Gasteiger partial charge in [0.1, 0.15) is 5.54 Å². The predicted octanol–water partition coefficient (Wildman–Crippen LogP) is 1.65. The first-order valence-electron chi connectivity index (χ1n) is 6.24. The van der Waals surface area contributed by atoms with Crippen molar-refractivity contribution in [3.63, 3.8) is 0 Å². The van der Waals surface area contributed by atoms with Crippen LogP contribution in [0.5, 0.6) is 0 Å². The van der Waals surface area contributed by atoms with Crippen LogP contribution in [0.2, 0.25) is 0 Å². The van der Waals surface area contributed by atoms with Crippen molar-refractivity contribution < 1.29 is 14.3 Å². The number of ether oxygens (including phenoxy) is 2. The first-order chi connectivity index (χ1) is 8.18. The molecule has 0 aliphatic carbocycles. The third kappa shape index (κ3) is 3.54. The molecule has 0 aromatic rings. The molecule has 17 heavy (non-hydrogen) atoms. The van der Waals surface area contributed by atoms with Crippen molar-refractivity contribution in [2.24, 2.45) is 0 Å². The molecule has 0 aromatic heterocycles. The molecule has 4 nitrogen and oxygen atoms in total. The Morgan fingerprint density at radius 2 is 2.47 bits per heavy atom. The van der Waals surface area contributed by atoms with Crippen molar-refractivity contribution in [3.8, 4) is 0 Å². The summed E-state index contributed by atoms with van der Waals surface area (Å²) in [6, 6.07) is 0. The van der Waals surface area contributed by atoms with Gasteiger partial charge in [0.15, 0.2) is 0 Å². The van der Waals surface area contributed by atoms with Gasteiger partial charge in [0.2, 0.25) is 0 Å². The Labute approximate surface area is 103 Å². The molecule has 0 amide bonds. The monoisotopic (exact) mass is 241 g/mol. The Bertz CT molecular complexity index is 265. The molecule has 0 spiro atoms. The molecule has 1 aliphatic heterocycles. The van der Waals surface area contributed by atoms with Crippen molar-refractivity contribution in [2.75, 3.05) is 20.3 Å². The van der Waals surface area contributed by atoms with E-state index in [0.29, 0.717) is 26.0 Å². The van der Waals surface area contributed by atoms with Gasteiger partial charge < -0.3 is 9.47 Å². The summed E-state index contributed by atoms with van der Waals surface area (Å²) < 4.78 is 10.6. The van der Waals surface area contributed by atoms with Gasteiger partial charge in [0.05, 0.1) is 13.2 Å². The fraction of sp³-hybridized carbons (Fsp3) is 0.769. The van der Waals surface area contributed by atoms with Gasteiger partial charge in [-0.1, -0.05) is 19.4 Å². The number of hydrogen-bond donors (Lipinski definition) is 1. The van der Waals surface area contributed by atoms with Crippen molar-refractivity contribution in [1.29, 1.82) is 0 Å². The van der Waals surface area contributed by atoms with Crippen LogP contribution in [0.4, 0.5) is 0 Å². The van der Waals surface area contributed by atoms with Crippen LogP contribution in [0, 0.1) is 0 Å². The third-order valence-corrected chi connectivity index (χ3v) is 3.23. The quantitative estimate of drug-likeness (QED) is 0.567. The van der Waals surface area contributed by atoms with Gasteiger partial charge in [-0.05, 0) is 12.8 Å². The van der Waals surface area contributed by atoms with Crippen LogP contribution in [-0.4, -0.2) is 37.9 Å². The molecule has 2 atom stereocenters. The fourth-order valence-corrected chi connectivity index (χ4v) is 2.34. The zero-order valence-electron chi connectivity index (χ0n) is 10.8. The summed E-state index contributed by atoms with van der Waals surface area (Å²) in [6.07, 6.45) is 5.28. The third-order valence-electron chi connectivity index (χ3n) is 3.23. The van der Waals surface area contributed by atoms with E-state index in [9.17, 15) is 4.79 Å². The molecule has 1 aliphatic rings. The molecule has 1 heterocycles. The van der Waals surface area contributed by atoms with E-state index in [0.717, 1.165) is 12.8 Å². The highest BCUT2D eigenvalue weighted by molar-refractivity contribution is 5.81. The maximum Gasteiger partial charge on any atom is 0.326 e. The number of methoxy groups -OCH3 is 1. The molecular weight excluding hydrogens is 218 g/mol. The molecule has 0 radical (unpaired) electrons. The lowest BCUT2D eigenvalue weighted by atomic mass is 9.85. The van der Waals surface area contributed by atoms with Crippen LogP contribution >= 0.6 is 0 Å². The summed E-state index contributed by atoms with van der Waals surface area (Å²) in [5.41, 5.74) is -0.596. The average Bonchev–Trinajstić information content (AvgIpc) is 2.36. The number of esters is 1. The molecule has 4 heteroatoms. The van der Waals surface area contributed by atoms with E-state index < -0.39 is 5.54 Å². The summed E-state index contributed by atoms with van der Waals surface area (Å²) in [4.78, 5) is 12.0. The maximum atomic E-state index is 12.0. The van der Waals surface area contributed by atoms with Crippen molar-refractivity contribution in [2.45, 2.75) is 44.2 Å². The van der Waals surface area contributed by atoms with E-state index in [1.807, 2.05) is 0 Å². The summed E-state index contributed by atoms with van der Waals surface area (Å²) in [6.45, 7) is 7.00. The van der Waals surface area contributed by atoms with Crippen LogP contribution in [0.3, 0.4) is 0 Å². The zero-order valence-corrected chi connectivity index (χ0v) is 10.8. The minimum Gasteiger partial charge on any atom is -0.468 e. The first-order valence-corrected chi connectivity index (χ1v) is 6.24. The summed E-state index contributed by atoms with van der Waals surface area (Å²) in [5.74, 6) is -0.191. The molecule has 1 N–H and O–H groups in total. The number of carbonyl (C=O) groups excluding carboxylic acids is 1. The molecule has 0 bridgehead atoms. The minimum absolute atomic E-state index is 0.144. The Hall–Kier alpha value is -0.870. The van der Waals surface area contributed by atoms with Crippen LogP contribution in [0.25, 0.3) is 0 Å². The number of hydrogen-bond acceptors (Lipinski definition) is 4. The van der Waals surface area contributed by atoms with E-state index in [-0.39, 0.29) is 12.1 Å². The summed E-state index contributed by atoms with van der Waals surface area (Å²) in [7, 11) is 1.43. The lowest BCUT2D eigenvalue weighted by Crippen LogP contribution is -2.57. The molecule has 0 aromatic carbocycles.